The molecule has 27 heavy (non-hydrogen) atoms. The van der Waals surface area contributed by atoms with Gasteiger partial charge in [0.05, 0.1) is 0 Å². The molecule has 0 bridgehead atoms. The van der Waals surface area contributed by atoms with Gasteiger partial charge >= 0.3 is 11.9 Å². The molecule has 2 saturated heterocycles. The summed E-state index contributed by atoms with van der Waals surface area (Å²) in [5.41, 5.74) is -1.50. The lowest BCUT2D eigenvalue weighted by Crippen LogP contribution is -2.80. The molecule has 9 nitrogen and oxygen atoms in total. The maximum atomic E-state index is 12.8. The number of rotatable bonds is 6. The Hall–Kier alpha value is -2.11. The van der Waals surface area contributed by atoms with Gasteiger partial charge in [-0.2, -0.15) is 11.3 Å². The zero-order valence-electron chi connectivity index (χ0n) is 14.7. The summed E-state index contributed by atoms with van der Waals surface area (Å²) < 4.78 is 4.50. The van der Waals surface area contributed by atoms with Gasteiger partial charge < -0.3 is 25.2 Å². The molecule has 1 aromatic rings. The molecular weight excluding hydrogens is 396 g/mol. The van der Waals surface area contributed by atoms with Crippen LogP contribution in [0.5, 0.6) is 0 Å². The van der Waals surface area contributed by atoms with E-state index < -0.39 is 51.6 Å². The summed E-state index contributed by atoms with van der Waals surface area (Å²) in [6.45, 7) is 3.38. The average molecular weight is 414 g/mol. The van der Waals surface area contributed by atoms with E-state index in [2.05, 4.69) is 5.32 Å². The molecule has 0 spiro atoms. The quantitative estimate of drug-likeness (QED) is 0.349. The molecule has 0 aromatic carbocycles. The second-order valence-corrected chi connectivity index (χ2v) is 9.30. The first kappa shape index (κ1) is 19.6. The van der Waals surface area contributed by atoms with Crippen molar-refractivity contribution in [2.75, 3.05) is 7.11 Å². The third-order valence-corrected chi connectivity index (χ3v) is 7.07. The number of hydrogen-bond donors (Lipinski definition) is 3. The minimum absolute atomic E-state index is 0.294. The smallest absolute Gasteiger partial charge is 0.327 e. The van der Waals surface area contributed by atoms with E-state index in [1.165, 1.54) is 36.3 Å². The van der Waals surface area contributed by atoms with Crippen LogP contribution in [0, 0.1) is 0 Å². The van der Waals surface area contributed by atoms with Gasteiger partial charge in [-0.3, -0.25) is 14.4 Å². The molecule has 1 aromatic heterocycles. The van der Waals surface area contributed by atoms with Gasteiger partial charge in [-0.1, -0.05) is 0 Å². The summed E-state index contributed by atoms with van der Waals surface area (Å²) in [6.07, 6.45) is 0. The van der Waals surface area contributed by atoms with Crippen LogP contribution in [-0.4, -0.2) is 67.9 Å². The number of β-lactam (4-membered cyclic amide) rings is 1. The van der Waals surface area contributed by atoms with Crippen LogP contribution in [0.3, 0.4) is 0 Å². The summed E-state index contributed by atoms with van der Waals surface area (Å²) in [4.78, 5) is 49.9. The van der Waals surface area contributed by atoms with Crippen molar-refractivity contribution in [2.24, 2.45) is 0 Å². The van der Waals surface area contributed by atoms with Crippen LogP contribution >= 0.6 is 23.1 Å². The SMILES string of the molecule is CO[C@@]1(NC(=O)C(C(=O)O)c2ccsc2)C(=O)N2C(C(=O)O)C(C)(C)SC21. The van der Waals surface area contributed by atoms with Crippen LogP contribution in [0.2, 0.25) is 0 Å². The van der Waals surface area contributed by atoms with Crippen molar-refractivity contribution in [3.63, 3.8) is 0 Å². The number of nitrogens with one attached hydrogen (secondary N) is 1. The maximum absolute atomic E-state index is 12.8. The predicted octanol–water partition coefficient (Wildman–Crippen LogP) is 0.522. The molecule has 2 fully saturated rings. The highest BCUT2D eigenvalue weighted by Gasteiger charge is 2.73. The number of amides is 2. The van der Waals surface area contributed by atoms with Gasteiger partial charge in [0.2, 0.25) is 5.91 Å². The third kappa shape index (κ3) is 2.80. The van der Waals surface area contributed by atoms with Gasteiger partial charge in [0.15, 0.2) is 5.92 Å². The minimum Gasteiger partial charge on any atom is -0.480 e. The zero-order chi connectivity index (χ0) is 20.1. The number of methoxy groups -OCH3 is 1. The van der Waals surface area contributed by atoms with Crippen molar-refractivity contribution in [3.05, 3.63) is 22.4 Å². The number of carbonyl (C=O) groups excluding carboxylic acids is 2. The minimum atomic E-state index is -1.80. The molecule has 3 rings (SSSR count). The number of fused-ring (bicyclic) bond motifs is 1. The number of ether oxygens (including phenoxy) is 1. The summed E-state index contributed by atoms with van der Waals surface area (Å²) in [6, 6.07) is 0.443. The van der Waals surface area contributed by atoms with E-state index in [0.29, 0.717) is 5.56 Å². The molecule has 2 amide bonds. The zero-order valence-corrected chi connectivity index (χ0v) is 16.3. The number of aliphatic carboxylic acids is 2. The lowest BCUT2D eigenvalue weighted by Gasteiger charge is -2.51. The first-order valence-electron chi connectivity index (χ1n) is 7.92. The van der Waals surface area contributed by atoms with E-state index in [9.17, 15) is 29.4 Å². The van der Waals surface area contributed by atoms with Crippen molar-refractivity contribution in [2.45, 2.75) is 41.7 Å². The number of nitrogens with zero attached hydrogens (tertiary/aromatic N) is 1. The number of carboxylic acid groups (broad SMARTS) is 2. The number of thiophene rings is 1. The van der Waals surface area contributed by atoms with Gasteiger partial charge in [-0.25, -0.2) is 4.79 Å². The van der Waals surface area contributed by atoms with Crippen LogP contribution in [0.25, 0.3) is 0 Å². The Morgan fingerprint density at radius 2 is 2.00 bits per heavy atom. The molecule has 146 valence electrons. The first-order valence-corrected chi connectivity index (χ1v) is 9.74. The number of hydrogen-bond acceptors (Lipinski definition) is 7. The summed E-state index contributed by atoms with van der Waals surface area (Å²) in [5, 5.41) is 23.8. The third-order valence-electron chi connectivity index (χ3n) is 4.76. The van der Waals surface area contributed by atoms with Crippen molar-refractivity contribution in [1.82, 2.24) is 10.2 Å². The molecule has 2 aliphatic rings. The number of carbonyl (C=O) groups is 4. The number of carboxylic acids is 2. The number of thioether (sulfide) groups is 1. The summed E-state index contributed by atoms with van der Waals surface area (Å²) in [7, 11) is 1.22. The van der Waals surface area contributed by atoms with E-state index in [1.807, 2.05) is 0 Å². The Kier molecular flexibility index (Phi) is 4.73. The van der Waals surface area contributed by atoms with Crippen molar-refractivity contribution in [3.8, 4) is 0 Å². The second-order valence-electron chi connectivity index (χ2n) is 6.78. The summed E-state index contributed by atoms with van der Waals surface area (Å²) in [5.74, 6) is -5.61. The van der Waals surface area contributed by atoms with E-state index in [-0.39, 0.29) is 0 Å². The van der Waals surface area contributed by atoms with Crippen molar-refractivity contribution < 1.29 is 34.1 Å². The van der Waals surface area contributed by atoms with Crippen molar-refractivity contribution in [1.29, 1.82) is 0 Å². The Bertz CT molecular complexity index is 810. The van der Waals surface area contributed by atoms with E-state index >= 15 is 0 Å². The van der Waals surface area contributed by atoms with Crippen molar-refractivity contribution >= 4 is 46.9 Å². The van der Waals surface area contributed by atoms with E-state index in [0.717, 1.165) is 4.90 Å². The Labute approximate surface area is 162 Å². The van der Waals surface area contributed by atoms with Crippen LogP contribution in [0.4, 0.5) is 0 Å². The molecule has 2 aliphatic heterocycles. The fourth-order valence-electron chi connectivity index (χ4n) is 3.48. The highest BCUT2D eigenvalue weighted by Crippen LogP contribution is 2.55. The average Bonchev–Trinajstić information content (AvgIpc) is 3.16. The Morgan fingerprint density at radius 1 is 1.33 bits per heavy atom. The fourth-order valence-corrected chi connectivity index (χ4v) is 5.84. The molecule has 0 saturated carbocycles. The van der Waals surface area contributed by atoms with Gasteiger partial charge in [0, 0.05) is 11.9 Å². The standard InChI is InChI=1S/C16H18N2O7S2/c1-15(2)9(12(22)23)18-13(24)16(25-3,14(18)27-15)17-10(19)8(11(20)21)7-4-5-26-6-7/h4-6,8-9,14H,1-3H3,(H,17,19)(H,20,21)(H,22,23)/t8?,9?,14?,16-/m0/s1. The highest BCUT2D eigenvalue weighted by molar-refractivity contribution is 8.01. The predicted molar refractivity (Wildman–Crippen MR) is 96.3 cm³/mol. The van der Waals surface area contributed by atoms with Gasteiger partial charge in [-0.05, 0) is 36.2 Å². The topological polar surface area (TPSA) is 133 Å². The molecule has 3 heterocycles. The van der Waals surface area contributed by atoms with Gasteiger partial charge in [0.1, 0.15) is 11.4 Å². The lowest BCUT2D eigenvalue weighted by atomic mass is 9.92. The second kappa shape index (κ2) is 6.50. The first-order chi connectivity index (χ1) is 12.6. The molecule has 3 N–H and O–H groups in total. The van der Waals surface area contributed by atoms with Gasteiger partial charge in [-0.15, -0.1) is 11.8 Å². The highest BCUT2D eigenvalue weighted by atomic mass is 32.2. The largest absolute Gasteiger partial charge is 0.480 e. The Balaban J connectivity index is 1.89. The lowest BCUT2D eigenvalue weighted by molar-refractivity contribution is -0.201. The molecule has 0 aliphatic carbocycles. The van der Waals surface area contributed by atoms with Crippen LogP contribution in [-0.2, 0) is 23.9 Å². The maximum Gasteiger partial charge on any atom is 0.327 e. The molecule has 3 unspecified atom stereocenters. The molecule has 0 radical (unpaired) electrons. The van der Waals surface area contributed by atoms with Gasteiger partial charge in [0.25, 0.3) is 11.6 Å². The van der Waals surface area contributed by atoms with Crippen LogP contribution in [0.15, 0.2) is 16.8 Å². The van der Waals surface area contributed by atoms with Crippen LogP contribution in [0.1, 0.15) is 25.3 Å². The van der Waals surface area contributed by atoms with E-state index in [1.54, 1.807) is 24.6 Å². The molecule has 4 atom stereocenters. The fraction of sp³-hybridized carbons (Fsp3) is 0.500. The van der Waals surface area contributed by atoms with Crippen LogP contribution < -0.4 is 5.32 Å². The monoisotopic (exact) mass is 414 g/mol. The molecular formula is C16H18N2O7S2. The molecule has 11 heteroatoms. The van der Waals surface area contributed by atoms with E-state index in [4.69, 9.17) is 4.74 Å². The summed E-state index contributed by atoms with van der Waals surface area (Å²) >= 11 is 2.43. The Morgan fingerprint density at radius 3 is 2.48 bits per heavy atom. The normalized spacial score (nSPS) is 29.6.